The van der Waals surface area contributed by atoms with E-state index in [1.807, 2.05) is 47.4 Å². The number of rotatable bonds is 11. The molecular weight excluding hydrogens is 863 g/mol. The number of H-pyrrole nitrogens is 2. The van der Waals surface area contributed by atoms with Crippen molar-refractivity contribution in [2.24, 2.45) is 5.92 Å². The van der Waals surface area contributed by atoms with Crippen LogP contribution in [0.25, 0.3) is 44.5 Å². The van der Waals surface area contributed by atoms with E-state index in [0.717, 1.165) is 24.8 Å². The number of likely N-dealkylation sites (tertiary alicyclic amines) is 2. The van der Waals surface area contributed by atoms with Crippen LogP contribution in [0.4, 0.5) is 18.4 Å². The molecule has 4 amide bonds. The molecule has 2 saturated heterocycles. The number of amides is 4. The summed E-state index contributed by atoms with van der Waals surface area (Å²) in [5.74, 6) is -2.57. The van der Waals surface area contributed by atoms with Gasteiger partial charge >= 0.3 is 12.2 Å². The number of aromatic nitrogens is 4. The first kappa shape index (κ1) is 43.7. The van der Waals surface area contributed by atoms with Gasteiger partial charge < -0.3 is 44.6 Å². The normalized spacial score (nSPS) is 21.4. The molecule has 1 saturated carbocycles. The number of piperidine rings is 1. The lowest BCUT2D eigenvalue weighted by Crippen LogP contribution is -2.54. The molecule has 346 valence electrons. The van der Waals surface area contributed by atoms with Crippen molar-refractivity contribution in [2.75, 3.05) is 27.9 Å². The highest BCUT2D eigenvalue weighted by Gasteiger charge is 2.52. The summed E-state index contributed by atoms with van der Waals surface area (Å²) in [5.41, 5.74) is 4.97. The number of hydrogen-bond acceptors (Lipinski definition) is 9. The third-order valence-corrected chi connectivity index (χ3v) is 14.1. The number of imidazole rings is 2. The van der Waals surface area contributed by atoms with Crippen LogP contribution in [0.2, 0.25) is 0 Å². The average Bonchev–Trinajstić information content (AvgIpc) is 4.23. The second-order valence-electron chi connectivity index (χ2n) is 17.8. The van der Waals surface area contributed by atoms with Gasteiger partial charge in [0.25, 0.3) is 11.8 Å². The topological polar surface area (TPSA) is 184 Å². The summed E-state index contributed by atoms with van der Waals surface area (Å²) in [6.07, 6.45) is 3.51. The fourth-order valence-electron chi connectivity index (χ4n) is 10.7. The molecule has 6 aromatic rings. The molecule has 4 N–H and O–H groups in total. The molecule has 15 nitrogen and oxygen atoms in total. The quantitative estimate of drug-likeness (QED) is 0.0993. The van der Waals surface area contributed by atoms with E-state index in [1.54, 1.807) is 54.4 Å². The van der Waals surface area contributed by atoms with E-state index in [0.29, 0.717) is 75.6 Å². The Kier molecular flexibility index (Phi) is 11.3. The molecule has 1 unspecified atom stereocenters. The monoisotopic (exact) mass is 912 g/mol. The first-order chi connectivity index (χ1) is 32.4. The maximum atomic E-state index is 16.7. The number of benzene rings is 4. The Balaban J connectivity index is 0.890. The van der Waals surface area contributed by atoms with E-state index in [1.165, 1.54) is 27.4 Å². The van der Waals surface area contributed by atoms with Gasteiger partial charge in [0.2, 0.25) is 5.91 Å². The van der Waals surface area contributed by atoms with Gasteiger partial charge in [-0.1, -0.05) is 60.7 Å². The second-order valence-corrected chi connectivity index (χ2v) is 17.8. The largest absolute Gasteiger partial charge is 0.453 e. The Bertz CT molecular complexity index is 2900. The number of hydrogen-bond donors (Lipinski definition) is 4. The van der Waals surface area contributed by atoms with Gasteiger partial charge in [-0.3, -0.25) is 9.59 Å². The molecule has 67 heavy (non-hydrogen) atoms. The van der Waals surface area contributed by atoms with Crippen molar-refractivity contribution in [1.82, 2.24) is 40.4 Å². The third kappa shape index (κ3) is 7.64. The van der Waals surface area contributed by atoms with E-state index in [2.05, 4.69) is 20.6 Å². The van der Waals surface area contributed by atoms with Crippen LogP contribution in [0.3, 0.4) is 0 Å². The van der Waals surface area contributed by atoms with Crippen LogP contribution in [0, 0.1) is 5.92 Å². The number of halogens is 2. The van der Waals surface area contributed by atoms with Gasteiger partial charge in [0.05, 0.1) is 49.1 Å². The number of nitrogens with zero attached hydrogens (tertiary/aromatic N) is 4. The highest BCUT2D eigenvalue weighted by molar-refractivity contribution is 5.90. The Morgan fingerprint density at radius 2 is 1.48 bits per heavy atom. The van der Waals surface area contributed by atoms with E-state index in [9.17, 15) is 19.2 Å². The van der Waals surface area contributed by atoms with E-state index >= 15 is 8.78 Å². The minimum Gasteiger partial charge on any atom is -0.453 e. The van der Waals surface area contributed by atoms with E-state index in [4.69, 9.17) is 24.2 Å². The molecule has 4 aromatic carbocycles. The van der Waals surface area contributed by atoms with Gasteiger partial charge in [0.1, 0.15) is 23.7 Å². The van der Waals surface area contributed by atoms with Crippen molar-refractivity contribution in [3.05, 3.63) is 119 Å². The van der Waals surface area contributed by atoms with Crippen molar-refractivity contribution in [2.45, 2.75) is 81.3 Å². The number of alkyl halides is 2. The maximum Gasteiger partial charge on any atom is 0.407 e. The van der Waals surface area contributed by atoms with Crippen molar-refractivity contribution >= 4 is 35.0 Å². The summed E-state index contributed by atoms with van der Waals surface area (Å²) in [6, 6.07) is 22.1. The highest BCUT2D eigenvalue weighted by atomic mass is 19.3. The van der Waals surface area contributed by atoms with Crippen LogP contribution in [0.15, 0.2) is 91.1 Å². The standard InChI is InChI=1S/C50H50F2N8O7/c1-26(65-2)41(57-48(63)66-3)46(61)59-20-8-11-40(59)44-53-25-39(56-44)30-14-18-34-33-17-13-28(22-35(33)50(51,52)36(34)23-30)29-15-19-37-38(24-29)55-45(54-37)43-31-12-16-32(21-31)60(43)47(62)42(58-49(64)67-4)27-9-6-5-7-10-27/h5-7,9-10,13-15,17-19,22-26,31-32,40-43H,8,11-12,16,20-21H2,1-4H3,(H,53,56)(H,54,55)(H,57,63)(H,58,64)/t26-,31+,32-,40?,41+,42-,43+/m1/s1. The van der Waals surface area contributed by atoms with Gasteiger partial charge in [-0.15, -0.1) is 0 Å². The van der Waals surface area contributed by atoms with Gasteiger partial charge in [-0.25, -0.2) is 19.6 Å². The van der Waals surface area contributed by atoms with Crippen LogP contribution >= 0.6 is 0 Å². The van der Waals surface area contributed by atoms with E-state index in [-0.39, 0.29) is 40.9 Å². The van der Waals surface area contributed by atoms with Gasteiger partial charge in [0, 0.05) is 42.6 Å². The zero-order valence-electron chi connectivity index (χ0n) is 37.3. The van der Waals surface area contributed by atoms with Gasteiger partial charge in [-0.2, -0.15) is 8.78 Å². The SMILES string of the molecule is COC(=O)N[C@H](C(=O)N1CCCC1c1nc(-c2ccc3c(c2)C(F)(F)c2cc(-c4ccc5nc([C@@H]6[C@H]7CC[C@H](C7)N6C(=O)[C@H](NC(=O)OC)c6ccccc6)[nH]c5c4)ccc2-3)c[nH]1)[C@@H](C)OC. The summed E-state index contributed by atoms with van der Waals surface area (Å²) in [6.45, 7) is 2.12. The van der Waals surface area contributed by atoms with Crippen molar-refractivity contribution in [1.29, 1.82) is 0 Å². The number of fused-ring (bicyclic) bond motifs is 6. The predicted molar refractivity (Wildman–Crippen MR) is 242 cm³/mol. The molecule has 2 aromatic heterocycles. The van der Waals surface area contributed by atoms with Crippen LogP contribution in [-0.4, -0.2) is 99.8 Å². The molecule has 4 heterocycles. The zero-order valence-corrected chi connectivity index (χ0v) is 37.3. The lowest BCUT2D eigenvalue weighted by Gasteiger charge is -2.36. The molecule has 4 aliphatic rings. The van der Waals surface area contributed by atoms with Crippen LogP contribution in [-0.2, 0) is 29.7 Å². The van der Waals surface area contributed by atoms with E-state index < -0.39 is 42.3 Å². The Morgan fingerprint density at radius 3 is 2.21 bits per heavy atom. The number of ether oxygens (including phenoxy) is 3. The lowest BCUT2D eigenvalue weighted by atomic mass is 9.96. The lowest BCUT2D eigenvalue weighted by molar-refractivity contribution is -0.138. The minimum absolute atomic E-state index is 0.00925. The summed E-state index contributed by atoms with van der Waals surface area (Å²) in [4.78, 5) is 72.7. The molecule has 7 atom stereocenters. The maximum absolute atomic E-state index is 16.7. The van der Waals surface area contributed by atoms with Crippen LogP contribution < -0.4 is 10.6 Å². The number of methoxy groups -OCH3 is 3. The highest BCUT2D eigenvalue weighted by Crippen LogP contribution is 2.53. The summed E-state index contributed by atoms with van der Waals surface area (Å²) >= 11 is 0. The molecule has 2 bridgehead atoms. The van der Waals surface area contributed by atoms with Gasteiger partial charge in [-0.05, 0) is 97.0 Å². The number of carbonyl (C=O) groups excluding carboxylic acids is 4. The van der Waals surface area contributed by atoms with Crippen molar-refractivity contribution in [3.63, 3.8) is 0 Å². The molecule has 0 radical (unpaired) electrons. The first-order valence-electron chi connectivity index (χ1n) is 22.5. The first-order valence-corrected chi connectivity index (χ1v) is 22.5. The molecule has 2 aliphatic heterocycles. The molecule has 0 spiro atoms. The minimum atomic E-state index is -3.31. The predicted octanol–water partition coefficient (Wildman–Crippen LogP) is 8.31. The molecule has 17 heteroatoms. The summed E-state index contributed by atoms with van der Waals surface area (Å²) in [7, 11) is 3.94. The fourth-order valence-corrected chi connectivity index (χ4v) is 10.7. The Morgan fingerprint density at radius 1 is 0.791 bits per heavy atom. The second kappa shape index (κ2) is 17.3. The van der Waals surface area contributed by atoms with Crippen LogP contribution in [0.5, 0.6) is 0 Å². The third-order valence-electron chi connectivity index (χ3n) is 14.1. The number of alkyl carbamates (subject to hydrolysis) is 2. The van der Waals surface area contributed by atoms with Crippen molar-refractivity contribution in [3.8, 4) is 33.5 Å². The number of nitrogens with one attached hydrogen (secondary N) is 4. The Labute approximate surface area is 384 Å². The number of carbonyl (C=O) groups is 4. The van der Waals surface area contributed by atoms with Gasteiger partial charge in [0.15, 0.2) is 0 Å². The van der Waals surface area contributed by atoms with Crippen molar-refractivity contribution < 1.29 is 42.2 Å². The molecule has 2 aliphatic carbocycles. The average molecular weight is 913 g/mol. The molecular formula is C50H50F2N8O7. The Hall–Kier alpha value is -7.14. The number of aromatic amines is 2. The zero-order chi connectivity index (χ0) is 46.7. The summed E-state index contributed by atoms with van der Waals surface area (Å²) in [5, 5.41) is 5.32. The smallest absolute Gasteiger partial charge is 0.407 e. The molecule has 3 fully saturated rings. The van der Waals surface area contributed by atoms with Crippen LogP contribution in [0.1, 0.15) is 85.5 Å². The fraction of sp³-hybridized carbons (Fsp3) is 0.360. The summed E-state index contributed by atoms with van der Waals surface area (Å²) < 4.78 is 48.3. The molecule has 10 rings (SSSR count).